The van der Waals surface area contributed by atoms with Gasteiger partial charge in [0.05, 0.1) is 34.4 Å². The average molecular weight is 567 g/mol. The monoisotopic (exact) mass is 566 g/mol. The van der Waals surface area contributed by atoms with E-state index in [1.54, 1.807) is 6.92 Å². The first-order valence-corrected chi connectivity index (χ1v) is 15.5. The molecule has 0 aliphatic heterocycles. The van der Waals surface area contributed by atoms with Crippen LogP contribution in [0.2, 0.25) is 0 Å². The van der Waals surface area contributed by atoms with E-state index in [9.17, 15) is 14.3 Å². The average Bonchev–Trinajstić information content (AvgIpc) is 2.86. The molecular weight excluding hydrogens is 513 g/mol. The summed E-state index contributed by atoms with van der Waals surface area (Å²) >= 11 is 0. The van der Waals surface area contributed by atoms with Crippen molar-refractivity contribution in [3.63, 3.8) is 0 Å². The first-order chi connectivity index (χ1) is 18.6. The Labute approximate surface area is 237 Å². The summed E-state index contributed by atoms with van der Waals surface area (Å²) in [6, 6.07) is 0. The summed E-state index contributed by atoms with van der Waals surface area (Å²) in [5.41, 5.74) is 0. The van der Waals surface area contributed by atoms with Crippen molar-refractivity contribution in [1.29, 1.82) is 0 Å². The van der Waals surface area contributed by atoms with Gasteiger partial charge in [-0.3, -0.25) is 13.8 Å². The molecule has 0 aromatic carbocycles. The van der Waals surface area contributed by atoms with E-state index in [0.717, 1.165) is 38.5 Å². The number of rotatable bonds is 23. The second-order valence-electron chi connectivity index (χ2n) is 10.4. The number of ether oxygens (including phenoxy) is 1. The zero-order chi connectivity index (χ0) is 29.2. The minimum absolute atomic E-state index is 0.0292. The van der Waals surface area contributed by atoms with Gasteiger partial charge in [0.25, 0.3) is 0 Å². The lowest BCUT2D eigenvalue weighted by molar-refractivity contribution is -0.870. The molecule has 222 valence electrons. The molecular formula is C31H53NO6P+. The summed E-state index contributed by atoms with van der Waals surface area (Å²) < 4.78 is 27.7. The number of allylic oxidation sites excluding steroid dienone is 12. The minimum atomic E-state index is -4.10. The second-order valence-corrected chi connectivity index (χ2v) is 11.8. The fourth-order valence-electron chi connectivity index (χ4n) is 2.89. The Morgan fingerprint density at radius 2 is 1.23 bits per heavy atom. The van der Waals surface area contributed by atoms with Crippen LogP contribution in [0.3, 0.4) is 0 Å². The van der Waals surface area contributed by atoms with E-state index in [4.69, 9.17) is 13.8 Å². The first-order valence-electron chi connectivity index (χ1n) is 14.0. The molecule has 0 saturated heterocycles. The van der Waals surface area contributed by atoms with Gasteiger partial charge in [-0.1, -0.05) is 86.8 Å². The number of hydrogen-bond donors (Lipinski definition) is 1. The predicted octanol–water partition coefficient (Wildman–Crippen LogP) is 7.48. The Bertz CT molecular complexity index is 852. The fraction of sp³-hybridized carbons (Fsp3) is 0.581. The van der Waals surface area contributed by atoms with Crippen LogP contribution in [0.5, 0.6) is 0 Å². The molecule has 0 heterocycles. The van der Waals surface area contributed by atoms with Crippen molar-refractivity contribution < 1.29 is 32.5 Å². The van der Waals surface area contributed by atoms with Crippen LogP contribution in [0, 0.1) is 5.92 Å². The van der Waals surface area contributed by atoms with E-state index in [1.165, 1.54) is 0 Å². The zero-order valence-corrected chi connectivity index (χ0v) is 25.8. The molecule has 0 aromatic heterocycles. The number of carbonyl (C=O) groups is 1. The van der Waals surface area contributed by atoms with E-state index in [0.29, 0.717) is 23.9 Å². The van der Waals surface area contributed by atoms with Crippen LogP contribution in [0.25, 0.3) is 0 Å². The number of phosphoric ester groups is 1. The maximum atomic E-state index is 11.9. The van der Waals surface area contributed by atoms with Gasteiger partial charge >= 0.3 is 13.8 Å². The Morgan fingerprint density at radius 1 is 0.769 bits per heavy atom. The van der Waals surface area contributed by atoms with E-state index in [2.05, 4.69) is 67.7 Å². The molecule has 0 aromatic rings. The number of phosphoric acid groups is 1. The predicted molar refractivity (Wildman–Crippen MR) is 162 cm³/mol. The van der Waals surface area contributed by atoms with Crippen LogP contribution in [-0.4, -0.2) is 62.9 Å². The molecule has 7 nitrogen and oxygen atoms in total. The van der Waals surface area contributed by atoms with Crippen LogP contribution in [0.4, 0.5) is 0 Å². The third kappa shape index (κ3) is 28.8. The van der Waals surface area contributed by atoms with Crippen molar-refractivity contribution in [3.8, 4) is 0 Å². The van der Waals surface area contributed by atoms with E-state index < -0.39 is 7.82 Å². The molecule has 0 fully saturated rings. The summed E-state index contributed by atoms with van der Waals surface area (Å²) in [5, 5.41) is 0. The van der Waals surface area contributed by atoms with Crippen molar-refractivity contribution in [2.24, 2.45) is 5.92 Å². The lowest BCUT2D eigenvalue weighted by atomic mass is 10.2. The highest BCUT2D eigenvalue weighted by Gasteiger charge is 2.23. The topological polar surface area (TPSA) is 82.1 Å². The van der Waals surface area contributed by atoms with Gasteiger partial charge in [0.2, 0.25) is 0 Å². The Kier molecular flexibility index (Phi) is 22.6. The number of nitrogens with zero attached hydrogens (tertiary/aromatic N) is 1. The quantitative estimate of drug-likeness (QED) is 0.0597. The Morgan fingerprint density at radius 3 is 1.69 bits per heavy atom. The molecule has 0 radical (unpaired) electrons. The molecule has 39 heavy (non-hydrogen) atoms. The molecule has 0 amide bonds. The molecule has 1 N–H and O–H groups in total. The third-order valence-corrected chi connectivity index (χ3v) is 6.16. The molecule has 2 atom stereocenters. The van der Waals surface area contributed by atoms with Gasteiger partial charge < -0.3 is 14.1 Å². The largest absolute Gasteiger partial charge is 0.472 e. The highest BCUT2D eigenvalue weighted by atomic mass is 31.2. The van der Waals surface area contributed by atoms with E-state index >= 15 is 0 Å². The standard InChI is InChI=1S/C31H52NO6P/c1-6-7-8-9-10-11-12-13-14-15-16-17-18-19-20-21-22-23-24-25-31(33)36-28-30(2)29-38-39(34,35)37-27-26-32(3,4)5/h7-8,10-11,13-14,16-17,19-20,22-23,30H,6,9,12,15,18,21,24-29H2,1-5H3/p+1/b8-7-,11-10-,14-13-,17-16-,20-19-,23-22-. The molecule has 0 aliphatic carbocycles. The summed E-state index contributed by atoms with van der Waals surface area (Å²) in [7, 11) is 1.79. The van der Waals surface area contributed by atoms with Crippen LogP contribution in [0.15, 0.2) is 72.9 Å². The van der Waals surface area contributed by atoms with Gasteiger partial charge in [-0.15, -0.1) is 0 Å². The van der Waals surface area contributed by atoms with Crippen LogP contribution >= 0.6 is 7.82 Å². The number of quaternary nitrogens is 1. The van der Waals surface area contributed by atoms with Gasteiger partial charge in [-0.05, 0) is 44.9 Å². The van der Waals surface area contributed by atoms with Crippen molar-refractivity contribution >= 4 is 13.8 Å². The van der Waals surface area contributed by atoms with Crippen molar-refractivity contribution in [3.05, 3.63) is 72.9 Å². The number of likely N-dealkylation sites (N-methyl/N-ethyl adjacent to an activating group) is 1. The Balaban J connectivity index is 3.80. The number of esters is 1. The van der Waals surface area contributed by atoms with Crippen LogP contribution in [0.1, 0.15) is 65.2 Å². The van der Waals surface area contributed by atoms with Gasteiger partial charge in [-0.25, -0.2) is 4.57 Å². The molecule has 0 aliphatic rings. The maximum absolute atomic E-state index is 11.9. The van der Waals surface area contributed by atoms with Crippen LogP contribution in [-0.2, 0) is 23.1 Å². The molecule has 8 heteroatoms. The van der Waals surface area contributed by atoms with Crippen molar-refractivity contribution in [2.75, 3.05) is 47.5 Å². The Hall–Kier alpha value is -2.02. The van der Waals surface area contributed by atoms with Gasteiger partial charge in [0, 0.05) is 12.3 Å². The van der Waals surface area contributed by atoms with E-state index in [1.807, 2.05) is 33.3 Å². The highest BCUT2D eigenvalue weighted by Crippen LogP contribution is 2.43. The van der Waals surface area contributed by atoms with E-state index in [-0.39, 0.29) is 31.7 Å². The maximum Gasteiger partial charge on any atom is 0.472 e. The molecule has 0 bridgehead atoms. The van der Waals surface area contributed by atoms with Crippen molar-refractivity contribution in [2.45, 2.75) is 65.2 Å². The first kappa shape index (κ1) is 37.0. The van der Waals surface area contributed by atoms with Gasteiger partial charge in [0.15, 0.2) is 0 Å². The van der Waals surface area contributed by atoms with Crippen molar-refractivity contribution in [1.82, 2.24) is 0 Å². The van der Waals surface area contributed by atoms with Gasteiger partial charge in [0.1, 0.15) is 13.2 Å². The SMILES string of the molecule is CC/C=C\C/C=C\C/C=C\C/C=C\C/C=C\C/C=C\CCC(=O)OCC(C)COP(=O)(O)OCC[N+](C)(C)C. The molecule has 0 rings (SSSR count). The number of hydrogen-bond acceptors (Lipinski definition) is 5. The molecule has 0 saturated carbocycles. The summed E-state index contributed by atoms with van der Waals surface area (Å²) in [5.74, 6) is -0.518. The lowest BCUT2D eigenvalue weighted by Gasteiger charge is -2.24. The highest BCUT2D eigenvalue weighted by molar-refractivity contribution is 7.47. The lowest BCUT2D eigenvalue weighted by Crippen LogP contribution is -2.37. The summed E-state index contributed by atoms with van der Waals surface area (Å²) in [6.45, 7) is 4.72. The van der Waals surface area contributed by atoms with Crippen LogP contribution < -0.4 is 0 Å². The minimum Gasteiger partial charge on any atom is -0.465 e. The molecule has 2 unspecified atom stereocenters. The summed E-state index contributed by atoms with van der Waals surface area (Å²) in [4.78, 5) is 21.6. The zero-order valence-electron chi connectivity index (χ0n) is 24.9. The smallest absolute Gasteiger partial charge is 0.465 e. The van der Waals surface area contributed by atoms with Gasteiger partial charge in [-0.2, -0.15) is 0 Å². The third-order valence-electron chi connectivity index (χ3n) is 5.18. The second kappa shape index (κ2) is 23.8. The summed E-state index contributed by atoms with van der Waals surface area (Å²) in [6.07, 6.45) is 32.4. The number of carbonyl (C=O) groups excluding carboxylic acids is 1. The normalized spacial score (nSPS) is 15.5. The fourth-order valence-corrected chi connectivity index (χ4v) is 3.71. The molecule has 0 spiro atoms.